The molecule has 0 N–H and O–H groups in total. The van der Waals surface area contributed by atoms with E-state index in [4.69, 9.17) is 14.7 Å². The number of piperidine rings is 1. The van der Waals surface area contributed by atoms with Crippen molar-refractivity contribution in [1.29, 1.82) is 0 Å². The second-order valence-corrected chi connectivity index (χ2v) is 10.2. The van der Waals surface area contributed by atoms with E-state index in [0.717, 1.165) is 35.0 Å². The Labute approximate surface area is 175 Å². The Bertz CT molecular complexity index is 1080. The van der Waals surface area contributed by atoms with E-state index >= 15 is 0 Å². The standard InChI is InChI=1S/C22H29N5OS/c1-13-10-15(3)27(25-13)21-23-19(26-9-7-6-8-14(26)2)18-16-11-22(4,5)28-12-17(16)29-20(18)24-21/h10,14H,6-9,11-12H2,1-5H3/t14-/m0/s1. The number of hydrogen-bond acceptors (Lipinski definition) is 6. The summed E-state index contributed by atoms with van der Waals surface area (Å²) in [6.45, 7) is 12.5. The molecule has 1 atom stereocenters. The monoisotopic (exact) mass is 411 g/mol. The number of rotatable bonds is 2. The molecule has 0 unspecified atom stereocenters. The van der Waals surface area contributed by atoms with Gasteiger partial charge in [-0.25, -0.2) is 4.68 Å². The summed E-state index contributed by atoms with van der Waals surface area (Å²) >= 11 is 1.76. The molecule has 0 saturated carbocycles. The first-order chi connectivity index (χ1) is 13.8. The third kappa shape index (κ3) is 3.24. The van der Waals surface area contributed by atoms with Gasteiger partial charge in [0.2, 0.25) is 0 Å². The third-order valence-electron chi connectivity index (χ3n) is 6.17. The van der Waals surface area contributed by atoms with Gasteiger partial charge in [0.05, 0.1) is 23.3 Å². The fourth-order valence-corrected chi connectivity index (χ4v) is 5.75. The number of aryl methyl sites for hydroxylation is 2. The van der Waals surface area contributed by atoms with Crippen molar-refractivity contribution >= 4 is 27.4 Å². The van der Waals surface area contributed by atoms with Crippen LogP contribution in [0.1, 0.15) is 61.9 Å². The Morgan fingerprint density at radius 3 is 2.76 bits per heavy atom. The summed E-state index contributed by atoms with van der Waals surface area (Å²) < 4.78 is 7.98. The Hall–Kier alpha value is -1.99. The highest BCUT2D eigenvalue weighted by atomic mass is 32.1. The lowest BCUT2D eigenvalue weighted by Crippen LogP contribution is -2.38. The summed E-state index contributed by atoms with van der Waals surface area (Å²) in [4.78, 5) is 15.0. The third-order valence-corrected chi connectivity index (χ3v) is 7.27. The van der Waals surface area contributed by atoms with Crippen LogP contribution in [0.4, 0.5) is 5.82 Å². The van der Waals surface area contributed by atoms with Crippen molar-refractivity contribution in [3.8, 4) is 5.95 Å². The number of ether oxygens (including phenoxy) is 1. The zero-order chi connectivity index (χ0) is 20.3. The highest BCUT2D eigenvalue weighted by Crippen LogP contribution is 2.43. The summed E-state index contributed by atoms with van der Waals surface area (Å²) in [5.74, 6) is 1.76. The van der Waals surface area contributed by atoms with Crippen molar-refractivity contribution in [1.82, 2.24) is 19.7 Å². The van der Waals surface area contributed by atoms with E-state index in [0.29, 0.717) is 18.6 Å². The normalized spacial score (nSPS) is 21.6. The number of hydrogen-bond donors (Lipinski definition) is 0. The van der Waals surface area contributed by atoms with Crippen LogP contribution in [0.2, 0.25) is 0 Å². The molecule has 5 rings (SSSR count). The van der Waals surface area contributed by atoms with Crippen LogP contribution in [-0.2, 0) is 17.8 Å². The molecule has 0 radical (unpaired) electrons. The predicted octanol–water partition coefficient (Wildman–Crippen LogP) is 4.72. The number of thiophene rings is 1. The highest BCUT2D eigenvalue weighted by molar-refractivity contribution is 7.19. The first-order valence-corrected chi connectivity index (χ1v) is 11.4. The topological polar surface area (TPSA) is 56.1 Å². The second-order valence-electron chi connectivity index (χ2n) is 9.13. The number of nitrogens with zero attached hydrogens (tertiary/aromatic N) is 5. The maximum Gasteiger partial charge on any atom is 0.254 e. The largest absolute Gasteiger partial charge is 0.370 e. The molecular formula is C22H29N5OS. The van der Waals surface area contributed by atoms with Gasteiger partial charge in [-0.1, -0.05) is 0 Å². The molecule has 0 aliphatic carbocycles. The average Bonchev–Trinajstić information content (AvgIpc) is 3.19. The molecule has 2 aliphatic rings. The molecule has 0 amide bonds. The average molecular weight is 412 g/mol. The van der Waals surface area contributed by atoms with Crippen LogP contribution in [0.25, 0.3) is 16.2 Å². The second kappa shape index (κ2) is 6.77. The summed E-state index contributed by atoms with van der Waals surface area (Å²) in [5, 5.41) is 5.89. The van der Waals surface area contributed by atoms with Crippen LogP contribution in [-0.4, -0.2) is 37.9 Å². The number of anilines is 1. The van der Waals surface area contributed by atoms with Gasteiger partial charge in [0.25, 0.3) is 5.95 Å². The quantitative estimate of drug-likeness (QED) is 0.610. The van der Waals surface area contributed by atoms with E-state index in [9.17, 15) is 0 Å². The molecule has 29 heavy (non-hydrogen) atoms. The van der Waals surface area contributed by atoms with Gasteiger partial charge in [-0.2, -0.15) is 15.1 Å². The van der Waals surface area contributed by atoms with Crippen molar-refractivity contribution in [2.24, 2.45) is 0 Å². The summed E-state index contributed by atoms with van der Waals surface area (Å²) in [7, 11) is 0. The Balaban J connectivity index is 1.75. The lowest BCUT2D eigenvalue weighted by atomic mass is 9.94. The minimum Gasteiger partial charge on any atom is -0.370 e. The van der Waals surface area contributed by atoms with Gasteiger partial charge in [0.15, 0.2) is 0 Å². The van der Waals surface area contributed by atoms with Crippen LogP contribution in [0.15, 0.2) is 6.07 Å². The molecule has 6 nitrogen and oxygen atoms in total. The summed E-state index contributed by atoms with van der Waals surface area (Å²) in [6.07, 6.45) is 4.62. The van der Waals surface area contributed by atoms with E-state index in [2.05, 4.69) is 43.8 Å². The summed E-state index contributed by atoms with van der Waals surface area (Å²) in [5.41, 5.74) is 3.28. The fraction of sp³-hybridized carbons (Fsp3) is 0.591. The molecule has 5 heterocycles. The first-order valence-electron chi connectivity index (χ1n) is 10.6. The van der Waals surface area contributed by atoms with Crippen molar-refractivity contribution in [2.45, 2.75) is 78.6 Å². The Kier molecular flexibility index (Phi) is 4.44. The smallest absolute Gasteiger partial charge is 0.254 e. The van der Waals surface area contributed by atoms with E-state index in [1.165, 1.54) is 35.1 Å². The van der Waals surface area contributed by atoms with Gasteiger partial charge < -0.3 is 9.64 Å². The van der Waals surface area contributed by atoms with Crippen molar-refractivity contribution < 1.29 is 4.74 Å². The van der Waals surface area contributed by atoms with E-state index < -0.39 is 0 Å². The molecule has 3 aromatic heterocycles. The maximum atomic E-state index is 6.10. The highest BCUT2D eigenvalue weighted by Gasteiger charge is 2.33. The lowest BCUT2D eigenvalue weighted by molar-refractivity contribution is -0.0379. The van der Waals surface area contributed by atoms with Crippen LogP contribution >= 0.6 is 11.3 Å². The number of fused-ring (bicyclic) bond motifs is 3. The molecule has 0 bridgehead atoms. The molecule has 0 aromatic carbocycles. The maximum absolute atomic E-state index is 6.10. The minimum absolute atomic E-state index is 0.153. The molecule has 1 saturated heterocycles. The SMILES string of the molecule is Cc1cc(C)n(-c2nc(N3CCCC[C@@H]3C)c3c4c(sc3n2)COC(C)(C)C4)n1. The van der Waals surface area contributed by atoms with E-state index in [1.54, 1.807) is 11.3 Å². The molecule has 1 fully saturated rings. The van der Waals surface area contributed by atoms with Gasteiger partial charge in [0.1, 0.15) is 10.6 Å². The van der Waals surface area contributed by atoms with Crippen LogP contribution in [0, 0.1) is 13.8 Å². The Morgan fingerprint density at radius 1 is 1.21 bits per heavy atom. The minimum atomic E-state index is -0.153. The van der Waals surface area contributed by atoms with Gasteiger partial charge in [0, 0.05) is 29.6 Å². The molecule has 3 aromatic rings. The van der Waals surface area contributed by atoms with Crippen LogP contribution in [0.5, 0.6) is 0 Å². The van der Waals surface area contributed by atoms with Crippen molar-refractivity contribution in [2.75, 3.05) is 11.4 Å². The number of aromatic nitrogens is 4. The van der Waals surface area contributed by atoms with Gasteiger partial charge in [-0.15, -0.1) is 11.3 Å². The predicted molar refractivity (Wildman–Crippen MR) is 117 cm³/mol. The fourth-order valence-electron chi connectivity index (χ4n) is 4.66. The molecule has 154 valence electrons. The lowest BCUT2D eigenvalue weighted by Gasteiger charge is -2.35. The first kappa shape index (κ1) is 19.0. The van der Waals surface area contributed by atoms with Crippen LogP contribution in [0.3, 0.4) is 0 Å². The zero-order valence-electron chi connectivity index (χ0n) is 17.9. The van der Waals surface area contributed by atoms with E-state index in [1.807, 2.05) is 11.6 Å². The van der Waals surface area contributed by atoms with Gasteiger partial charge in [-0.3, -0.25) is 0 Å². The van der Waals surface area contributed by atoms with Gasteiger partial charge >= 0.3 is 0 Å². The van der Waals surface area contributed by atoms with Crippen molar-refractivity contribution in [3.63, 3.8) is 0 Å². The van der Waals surface area contributed by atoms with Crippen molar-refractivity contribution in [3.05, 3.63) is 27.9 Å². The zero-order valence-corrected chi connectivity index (χ0v) is 18.8. The molecule has 7 heteroatoms. The Morgan fingerprint density at radius 2 is 2.03 bits per heavy atom. The van der Waals surface area contributed by atoms with Crippen LogP contribution < -0.4 is 4.90 Å². The van der Waals surface area contributed by atoms with E-state index in [-0.39, 0.29) is 5.60 Å². The van der Waals surface area contributed by atoms with Gasteiger partial charge in [-0.05, 0) is 65.5 Å². The molecule has 2 aliphatic heterocycles. The molecule has 0 spiro atoms. The molecular weight excluding hydrogens is 382 g/mol. The summed E-state index contributed by atoms with van der Waals surface area (Å²) in [6, 6.07) is 2.56.